The topological polar surface area (TPSA) is 58.6 Å². The van der Waals surface area contributed by atoms with E-state index in [2.05, 4.69) is 5.32 Å². The van der Waals surface area contributed by atoms with Crippen molar-refractivity contribution in [2.45, 2.75) is 19.6 Å². The van der Waals surface area contributed by atoms with Crippen molar-refractivity contribution >= 4 is 5.91 Å². The molecule has 4 heteroatoms. The minimum absolute atomic E-state index is 0.0178. The van der Waals surface area contributed by atoms with Gasteiger partial charge in [0.25, 0.3) is 5.91 Å². The molecule has 0 aliphatic carbocycles. The van der Waals surface area contributed by atoms with Crippen LogP contribution in [-0.4, -0.2) is 17.6 Å². The molecule has 0 aliphatic heterocycles. The van der Waals surface area contributed by atoms with Gasteiger partial charge in [-0.3, -0.25) is 4.79 Å². The lowest BCUT2D eigenvalue weighted by Gasteiger charge is -2.20. The third-order valence-corrected chi connectivity index (χ3v) is 4.32. The van der Waals surface area contributed by atoms with Crippen molar-refractivity contribution in [2.24, 2.45) is 0 Å². The molecule has 0 spiro atoms. The van der Waals surface area contributed by atoms with E-state index < -0.39 is 0 Å². The highest BCUT2D eigenvalue weighted by molar-refractivity contribution is 5.78. The molecule has 27 heavy (non-hydrogen) atoms. The van der Waals surface area contributed by atoms with Gasteiger partial charge in [0, 0.05) is 0 Å². The molecule has 3 aromatic rings. The second-order valence-corrected chi connectivity index (χ2v) is 6.41. The Hall–Kier alpha value is -3.11. The molecular formula is C23H23NO3. The molecule has 0 aromatic heterocycles. The molecule has 0 saturated carbocycles. The van der Waals surface area contributed by atoms with E-state index in [-0.39, 0.29) is 25.2 Å². The van der Waals surface area contributed by atoms with Gasteiger partial charge >= 0.3 is 0 Å². The molecule has 138 valence electrons. The number of aryl methyl sites for hydroxylation is 1. The SMILES string of the molecule is Cc1ccc(C(NC(=O)COc2ccc(CO)cc2)c2ccccc2)cc1. The average Bonchev–Trinajstić information content (AvgIpc) is 2.72. The molecule has 1 atom stereocenters. The van der Waals surface area contributed by atoms with Gasteiger partial charge in [-0.25, -0.2) is 0 Å². The van der Waals surface area contributed by atoms with Gasteiger partial charge < -0.3 is 15.2 Å². The van der Waals surface area contributed by atoms with Crippen LogP contribution < -0.4 is 10.1 Å². The van der Waals surface area contributed by atoms with Crippen molar-refractivity contribution in [3.05, 3.63) is 101 Å². The zero-order valence-electron chi connectivity index (χ0n) is 15.3. The Morgan fingerprint density at radius 2 is 1.56 bits per heavy atom. The largest absolute Gasteiger partial charge is 0.484 e. The number of rotatable bonds is 7. The summed E-state index contributed by atoms with van der Waals surface area (Å²) in [6.45, 7) is 1.94. The average molecular weight is 361 g/mol. The number of hydrogen-bond donors (Lipinski definition) is 2. The summed E-state index contributed by atoms with van der Waals surface area (Å²) in [6.07, 6.45) is 0. The molecule has 3 aromatic carbocycles. The number of carbonyl (C=O) groups excluding carboxylic acids is 1. The number of amides is 1. The summed E-state index contributed by atoms with van der Waals surface area (Å²) in [4.78, 5) is 12.5. The summed E-state index contributed by atoms with van der Waals surface area (Å²) in [6, 6.07) is 24.8. The lowest BCUT2D eigenvalue weighted by molar-refractivity contribution is -0.123. The molecule has 0 heterocycles. The summed E-state index contributed by atoms with van der Waals surface area (Å²) in [5.74, 6) is 0.393. The summed E-state index contributed by atoms with van der Waals surface area (Å²) in [7, 11) is 0. The van der Waals surface area contributed by atoms with Gasteiger partial charge in [-0.15, -0.1) is 0 Å². The molecule has 0 radical (unpaired) electrons. The van der Waals surface area contributed by atoms with Crippen LogP contribution in [0.15, 0.2) is 78.9 Å². The van der Waals surface area contributed by atoms with E-state index in [0.717, 1.165) is 16.7 Å². The Kier molecular flexibility index (Phi) is 6.23. The maximum atomic E-state index is 12.5. The summed E-state index contributed by atoms with van der Waals surface area (Å²) < 4.78 is 5.57. The van der Waals surface area contributed by atoms with Gasteiger partial charge in [0.1, 0.15) is 5.75 Å². The van der Waals surface area contributed by atoms with E-state index in [4.69, 9.17) is 9.84 Å². The number of hydrogen-bond acceptors (Lipinski definition) is 3. The van der Waals surface area contributed by atoms with Gasteiger partial charge in [0.2, 0.25) is 0 Å². The number of ether oxygens (including phenoxy) is 1. The van der Waals surface area contributed by atoms with Crippen molar-refractivity contribution in [3.63, 3.8) is 0 Å². The van der Waals surface area contributed by atoms with Crippen LogP contribution in [0.5, 0.6) is 5.75 Å². The third kappa shape index (κ3) is 5.19. The molecule has 4 nitrogen and oxygen atoms in total. The Balaban J connectivity index is 1.69. The minimum Gasteiger partial charge on any atom is -0.484 e. The maximum Gasteiger partial charge on any atom is 0.258 e. The molecular weight excluding hydrogens is 338 g/mol. The van der Waals surface area contributed by atoms with Gasteiger partial charge in [-0.2, -0.15) is 0 Å². The van der Waals surface area contributed by atoms with E-state index in [1.807, 2.05) is 61.5 Å². The zero-order chi connectivity index (χ0) is 19.1. The third-order valence-electron chi connectivity index (χ3n) is 4.32. The van der Waals surface area contributed by atoms with Crippen molar-refractivity contribution in [1.29, 1.82) is 0 Å². The van der Waals surface area contributed by atoms with Crippen LogP contribution in [-0.2, 0) is 11.4 Å². The van der Waals surface area contributed by atoms with E-state index in [1.54, 1.807) is 24.3 Å². The Labute approximate surface area is 159 Å². The van der Waals surface area contributed by atoms with E-state index in [0.29, 0.717) is 5.75 Å². The van der Waals surface area contributed by atoms with Crippen LogP contribution in [0.1, 0.15) is 28.3 Å². The van der Waals surface area contributed by atoms with Crippen LogP contribution in [0.4, 0.5) is 0 Å². The number of aliphatic hydroxyl groups is 1. The Morgan fingerprint density at radius 1 is 0.926 bits per heavy atom. The molecule has 3 rings (SSSR count). The Bertz CT molecular complexity index is 858. The summed E-state index contributed by atoms with van der Waals surface area (Å²) in [5, 5.41) is 12.1. The first-order valence-corrected chi connectivity index (χ1v) is 8.89. The van der Waals surface area contributed by atoms with Gasteiger partial charge in [0.15, 0.2) is 6.61 Å². The molecule has 1 unspecified atom stereocenters. The highest BCUT2D eigenvalue weighted by Crippen LogP contribution is 2.22. The van der Waals surface area contributed by atoms with E-state index in [9.17, 15) is 4.79 Å². The monoisotopic (exact) mass is 361 g/mol. The zero-order valence-corrected chi connectivity index (χ0v) is 15.3. The lowest BCUT2D eigenvalue weighted by Crippen LogP contribution is -2.33. The molecule has 0 saturated heterocycles. The maximum absolute atomic E-state index is 12.5. The number of aliphatic hydroxyl groups excluding tert-OH is 1. The number of benzene rings is 3. The highest BCUT2D eigenvalue weighted by Gasteiger charge is 2.17. The summed E-state index contributed by atoms with van der Waals surface area (Å²) in [5.41, 5.74) is 4.01. The quantitative estimate of drug-likeness (QED) is 0.673. The number of nitrogens with one attached hydrogen (secondary N) is 1. The van der Waals surface area contributed by atoms with Gasteiger partial charge in [-0.1, -0.05) is 72.3 Å². The predicted octanol–water partition coefficient (Wildman–Crippen LogP) is 3.77. The second-order valence-electron chi connectivity index (χ2n) is 6.41. The fourth-order valence-electron chi connectivity index (χ4n) is 2.81. The number of carbonyl (C=O) groups is 1. The lowest BCUT2D eigenvalue weighted by atomic mass is 9.98. The minimum atomic E-state index is -0.236. The molecule has 2 N–H and O–H groups in total. The Morgan fingerprint density at radius 3 is 2.19 bits per heavy atom. The van der Waals surface area contributed by atoms with Crippen molar-refractivity contribution in [2.75, 3.05) is 6.61 Å². The first-order chi connectivity index (χ1) is 13.2. The first-order valence-electron chi connectivity index (χ1n) is 8.89. The van der Waals surface area contributed by atoms with Crippen molar-refractivity contribution < 1.29 is 14.6 Å². The fourth-order valence-corrected chi connectivity index (χ4v) is 2.81. The van der Waals surface area contributed by atoms with Crippen molar-refractivity contribution in [1.82, 2.24) is 5.32 Å². The van der Waals surface area contributed by atoms with Crippen LogP contribution in [0.3, 0.4) is 0 Å². The normalized spacial score (nSPS) is 11.6. The second kappa shape index (κ2) is 9.01. The molecule has 0 bridgehead atoms. The standard InChI is InChI=1S/C23H23NO3/c1-17-7-11-20(12-8-17)23(19-5-3-2-4-6-19)24-22(26)16-27-21-13-9-18(15-25)10-14-21/h2-14,23,25H,15-16H2,1H3,(H,24,26). The predicted molar refractivity (Wildman–Crippen MR) is 105 cm³/mol. The van der Waals surface area contributed by atoms with Gasteiger partial charge in [-0.05, 0) is 35.7 Å². The van der Waals surface area contributed by atoms with Gasteiger partial charge in [0.05, 0.1) is 12.6 Å². The fraction of sp³-hybridized carbons (Fsp3) is 0.174. The van der Waals surface area contributed by atoms with Crippen LogP contribution >= 0.6 is 0 Å². The van der Waals surface area contributed by atoms with E-state index in [1.165, 1.54) is 5.56 Å². The molecule has 0 fully saturated rings. The van der Waals surface area contributed by atoms with Crippen LogP contribution in [0.25, 0.3) is 0 Å². The highest BCUT2D eigenvalue weighted by atomic mass is 16.5. The molecule has 1 amide bonds. The summed E-state index contributed by atoms with van der Waals surface area (Å²) >= 11 is 0. The van der Waals surface area contributed by atoms with E-state index >= 15 is 0 Å². The van der Waals surface area contributed by atoms with Crippen LogP contribution in [0, 0.1) is 6.92 Å². The van der Waals surface area contributed by atoms with Crippen LogP contribution in [0.2, 0.25) is 0 Å². The smallest absolute Gasteiger partial charge is 0.258 e. The molecule has 0 aliphatic rings. The van der Waals surface area contributed by atoms with Crippen molar-refractivity contribution in [3.8, 4) is 5.75 Å². The first kappa shape index (κ1) is 18.7.